The molecule has 3 aromatic rings. The molecule has 4 rings (SSSR count). The minimum Gasteiger partial charge on any atom is -0.481 e. The highest BCUT2D eigenvalue weighted by molar-refractivity contribution is 6.35. The summed E-state index contributed by atoms with van der Waals surface area (Å²) in [5.41, 5.74) is 5.39. The van der Waals surface area contributed by atoms with Gasteiger partial charge in [0.15, 0.2) is 0 Å². The zero-order chi connectivity index (χ0) is 26.4. The normalized spacial score (nSPS) is 14.0. The average molecular weight is 526 g/mol. The molecule has 1 aliphatic rings. The number of nitrogens with zero attached hydrogens (tertiary/aromatic N) is 4. The van der Waals surface area contributed by atoms with Gasteiger partial charge in [0, 0.05) is 19.2 Å². The number of ether oxygens (including phenoxy) is 1. The summed E-state index contributed by atoms with van der Waals surface area (Å²) in [6.45, 7) is 17.6. The lowest BCUT2D eigenvalue weighted by molar-refractivity contribution is 0.397. The van der Waals surface area contributed by atoms with Crippen LogP contribution < -0.4 is 9.64 Å². The van der Waals surface area contributed by atoms with E-state index in [2.05, 4.69) is 68.1 Å². The number of hydrogen-bond donors (Lipinski definition) is 0. The van der Waals surface area contributed by atoms with Gasteiger partial charge in [-0.25, -0.2) is 9.97 Å². The van der Waals surface area contributed by atoms with Gasteiger partial charge in [-0.15, -0.1) is 10.6 Å². The van der Waals surface area contributed by atoms with Gasteiger partial charge < -0.3 is 14.2 Å². The largest absolute Gasteiger partial charge is 0.481 e. The second-order valence-electron chi connectivity index (χ2n) is 10.7. The Morgan fingerprint density at radius 2 is 1.69 bits per heavy atom. The maximum absolute atomic E-state index is 6.54. The summed E-state index contributed by atoms with van der Waals surface area (Å²) < 4.78 is 7.59. The smallest absolute Gasteiger partial charge is 0.213 e. The third kappa shape index (κ3) is 6.77. The number of aryl methyl sites for hydroxylation is 2. The number of methoxy groups -OCH3 is 1. The number of benzene rings is 1. The fourth-order valence-corrected chi connectivity index (χ4v) is 6.38. The molecular formula is C29H43AlClN4O. The van der Waals surface area contributed by atoms with Gasteiger partial charge >= 0.3 is 0 Å². The third-order valence-electron chi connectivity index (χ3n) is 6.81. The fraction of sp³-hybridized carbons (Fsp3) is 0.586. The molecule has 7 heteroatoms. The van der Waals surface area contributed by atoms with Crippen LogP contribution in [0.4, 0.5) is 11.6 Å². The first-order chi connectivity index (χ1) is 17.2. The summed E-state index contributed by atoms with van der Waals surface area (Å²) in [4.78, 5) is 11.8. The molecule has 0 N–H and O–H groups in total. The summed E-state index contributed by atoms with van der Waals surface area (Å²) in [5.74, 6) is 3.90. The van der Waals surface area contributed by atoms with E-state index in [1.807, 2.05) is 19.1 Å². The molecule has 5 nitrogen and oxygen atoms in total. The predicted octanol–water partition coefficient (Wildman–Crippen LogP) is 8.30. The maximum Gasteiger partial charge on any atom is 0.213 e. The van der Waals surface area contributed by atoms with E-state index in [1.165, 1.54) is 21.6 Å². The lowest BCUT2D eigenvalue weighted by atomic mass is 9.97. The predicted molar refractivity (Wildman–Crippen MR) is 156 cm³/mol. The van der Waals surface area contributed by atoms with Crippen molar-refractivity contribution in [1.82, 2.24) is 14.5 Å². The van der Waals surface area contributed by atoms with E-state index < -0.39 is 0 Å². The van der Waals surface area contributed by atoms with E-state index in [0.29, 0.717) is 16.8 Å². The van der Waals surface area contributed by atoms with Gasteiger partial charge in [0.2, 0.25) is 27.0 Å². The Kier molecular flexibility index (Phi) is 10.6. The minimum atomic E-state index is 0.463. The van der Waals surface area contributed by atoms with Crippen molar-refractivity contribution in [1.29, 1.82) is 0 Å². The Labute approximate surface area is 229 Å². The first kappa shape index (κ1) is 28.8. The first-order valence-corrected chi connectivity index (χ1v) is 15.5. The van der Waals surface area contributed by atoms with Crippen LogP contribution in [0.3, 0.4) is 0 Å². The van der Waals surface area contributed by atoms with Crippen molar-refractivity contribution in [2.75, 3.05) is 18.6 Å². The SMILES string of the molecule is CC(C)[CH2][Al][CH2]C(C)C.CCC(C)c1ccc(Cl)c2nc3n(c12)CCCN3c1ccc(OC)nc1C. The Morgan fingerprint density at radius 3 is 2.28 bits per heavy atom. The molecule has 0 fully saturated rings. The summed E-state index contributed by atoms with van der Waals surface area (Å²) in [7, 11) is 1.64. The summed E-state index contributed by atoms with van der Waals surface area (Å²) in [6, 6.07) is 8.11. The van der Waals surface area contributed by atoms with Crippen molar-refractivity contribution in [2.24, 2.45) is 11.8 Å². The summed E-state index contributed by atoms with van der Waals surface area (Å²) >= 11 is 7.29. The zero-order valence-electron chi connectivity index (χ0n) is 23.4. The number of hydrogen-bond acceptors (Lipinski definition) is 4. The molecule has 1 aliphatic heterocycles. The minimum absolute atomic E-state index is 0.463. The van der Waals surface area contributed by atoms with Crippen LogP contribution in [0.2, 0.25) is 15.6 Å². The monoisotopic (exact) mass is 525 g/mol. The van der Waals surface area contributed by atoms with Gasteiger partial charge in [0.1, 0.15) is 5.52 Å². The number of pyridine rings is 1. The third-order valence-corrected chi connectivity index (χ3v) is 9.67. The average Bonchev–Trinajstić information content (AvgIpc) is 3.25. The molecule has 0 spiro atoms. The highest BCUT2D eigenvalue weighted by Gasteiger charge is 2.27. The molecule has 0 bridgehead atoms. The lowest BCUT2D eigenvalue weighted by Gasteiger charge is -2.30. The van der Waals surface area contributed by atoms with Crippen LogP contribution in [0.25, 0.3) is 11.0 Å². The van der Waals surface area contributed by atoms with E-state index >= 15 is 0 Å². The molecule has 0 aliphatic carbocycles. The second-order valence-corrected chi connectivity index (χ2v) is 12.6. The fourth-order valence-electron chi connectivity index (χ4n) is 4.66. The van der Waals surface area contributed by atoms with Gasteiger partial charge in [-0.1, -0.05) is 71.0 Å². The van der Waals surface area contributed by atoms with Gasteiger partial charge in [0.25, 0.3) is 0 Å². The lowest BCUT2D eigenvalue weighted by Crippen LogP contribution is -2.29. The maximum atomic E-state index is 6.54. The number of fused-ring (bicyclic) bond motifs is 3. The molecule has 195 valence electrons. The Balaban J connectivity index is 0.000000345. The van der Waals surface area contributed by atoms with Crippen molar-refractivity contribution in [2.45, 2.75) is 84.3 Å². The molecule has 3 heterocycles. The molecule has 36 heavy (non-hydrogen) atoms. The molecule has 0 amide bonds. The van der Waals surface area contributed by atoms with Crippen LogP contribution in [-0.4, -0.2) is 43.4 Å². The van der Waals surface area contributed by atoms with Crippen LogP contribution >= 0.6 is 11.6 Å². The molecule has 1 aromatic carbocycles. The summed E-state index contributed by atoms with van der Waals surface area (Å²) in [5, 5.41) is 3.68. The van der Waals surface area contributed by atoms with Crippen LogP contribution in [0.15, 0.2) is 24.3 Å². The molecule has 1 unspecified atom stereocenters. The highest BCUT2D eigenvalue weighted by atomic mass is 35.5. The van der Waals surface area contributed by atoms with E-state index in [-0.39, 0.29) is 0 Å². The zero-order valence-corrected chi connectivity index (χ0v) is 25.3. The van der Waals surface area contributed by atoms with Gasteiger partial charge in [0.05, 0.1) is 29.0 Å². The van der Waals surface area contributed by atoms with Gasteiger partial charge in [-0.2, -0.15) is 0 Å². The number of halogens is 1. The van der Waals surface area contributed by atoms with Crippen molar-refractivity contribution >= 4 is 49.5 Å². The molecular weight excluding hydrogens is 483 g/mol. The van der Waals surface area contributed by atoms with Crippen LogP contribution in [0.1, 0.15) is 71.6 Å². The Morgan fingerprint density at radius 1 is 1.00 bits per heavy atom. The molecule has 1 radical (unpaired) electrons. The van der Waals surface area contributed by atoms with Crippen molar-refractivity contribution in [3.63, 3.8) is 0 Å². The van der Waals surface area contributed by atoms with Gasteiger partial charge in [-0.3, -0.25) is 0 Å². The first-order valence-electron chi connectivity index (χ1n) is 13.5. The van der Waals surface area contributed by atoms with Crippen LogP contribution in [0, 0.1) is 18.8 Å². The molecule has 1 atom stereocenters. The molecule has 2 aromatic heterocycles. The van der Waals surface area contributed by atoms with Crippen molar-refractivity contribution in [3.8, 4) is 5.88 Å². The quantitative estimate of drug-likeness (QED) is 0.277. The summed E-state index contributed by atoms with van der Waals surface area (Å²) in [6.07, 6.45) is 2.14. The van der Waals surface area contributed by atoms with Crippen molar-refractivity contribution < 1.29 is 4.74 Å². The van der Waals surface area contributed by atoms with Crippen LogP contribution in [0.5, 0.6) is 5.88 Å². The van der Waals surface area contributed by atoms with E-state index in [0.717, 1.165) is 75.8 Å². The number of imidazole rings is 1. The molecule has 0 saturated carbocycles. The molecule has 0 saturated heterocycles. The van der Waals surface area contributed by atoms with Crippen LogP contribution in [-0.2, 0) is 6.54 Å². The van der Waals surface area contributed by atoms with E-state index in [4.69, 9.17) is 21.3 Å². The highest BCUT2D eigenvalue weighted by Crippen LogP contribution is 2.39. The van der Waals surface area contributed by atoms with Gasteiger partial charge in [-0.05, 0) is 43.4 Å². The van der Waals surface area contributed by atoms with E-state index in [1.54, 1.807) is 7.11 Å². The standard InChI is InChI=1S/C21H25ClN4O.2C4H9.Al/c1-5-13(2)15-7-8-16(22)19-20(15)26-12-6-11-25(21(26)24-19)17-9-10-18(27-4)23-14(17)3;2*1-4(2)3;/h7-10,13H,5-6,11-12H2,1-4H3;2*4H,1H2,2-3H3;. The number of anilines is 2. The topological polar surface area (TPSA) is 43.2 Å². The Hall–Kier alpha value is -1.74. The van der Waals surface area contributed by atoms with Crippen molar-refractivity contribution in [3.05, 3.63) is 40.5 Å². The number of aromatic nitrogens is 3. The van der Waals surface area contributed by atoms with E-state index in [9.17, 15) is 0 Å². The Bertz CT molecular complexity index is 1140. The second kappa shape index (κ2) is 13.2. The number of rotatable bonds is 8.